The number of aliphatic imine (C=N–C) groups is 1. The number of halogens is 1. The SMILES string of the molecule is CC.CN=CN.O=Cc1cc(NC(=O)c2ccccc2)c(C2SC=CCC2Cl)n1CCNc1ncnc2ccccc12. The van der Waals surface area contributed by atoms with Gasteiger partial charge in [0.25, 0.3) is 5.91 Å². The summed E-state index contributed by atoms with van der Waals surface area (Å²) in [6, 6.07) is 18.5. The van der Waals surface area contributed by atoms with E-state index in [-0.39, 0.29) is 16.5 Å². The Morgan fingerprint density at radius 3 is 2.57 bits per heavy atom. The number of allylic oxidation sites excluding steroid dienone is 1. The zero-order valence-electron chi connectivity index (χ0n) is 23.9. The van der Waals surface area contributed by atoms with E-state index in [1.54, 1.807) is 37.0 Å². The van der Waals surface area contributed by atoms with Gasteiger partial charge in [-0.15, -0.1) is 23.4 Å². The van der Waals surface area contributed by atoms with Crippen molar-refractivity contribution < 1.29 is 9.59 Å². The van der Waals surface area contributed by atoms with Gasteiger partial charge in [-0.2, -0.15) is 0 Å². The molecule has 0 radical (unpaired) electrons. The molecular weight excluding hydrogens is 570 g/mol. The van der Waals surface area contributed by atoms with Crippen LogP contribution in [0.1, 0.15) is 52.1 Å². The Hall–Kier alpha value is -4.15. The number of hydrogen-bond donors (Lipinski definition) is 3. The van der Waals surface area contributed by atoms with Crippen molar-refractivity contribution >= 4 is 64.3 Å². The zero-order valence-corrected chi connectivity index (χ0v) is 25.5. The van der Waals surface area contributed by atoms with Gasteiger partial charge >= 0.3 is 0 Å². The number of amides is 1. The maximum Gasteiger partial charge on any atom is 0.255 e. The Kier molecular flexibility index (Phi) is 13.1. The number of rotatable bonds is 8. The molecule has 1 amide bonds. The molecule has 0 fully saturated rings. The second-order valence-corrected chi connectivity index (χ2v) is 10.3. The molecule has 2 aromatic carbocycles. The lowest BCUT2D eigenvalue weighted by Crippen LogP contribution is -2.22. The van der Waals surface area contributed by atoms with E-state index in [1.807, 2.05) is 72.4 Å². The molecule has 9 nitrogen and oxygen atoms in total. The first kappa shape index (κ1) is 32.4. The van der Waals surface area contributed by atoms with E-state index in [4.69, 9.17) is 17.3 Å². The Balaban J connectivity index is 0.000000745. The molecular formula is C31H36ClN7O2S. The summed E-state index contributed by atoms with van der Waals surface area (Å²) in [4.78, 5) is 37.2. The predicted octanol–water partition coefficient (Wildman–Crippen LogP) is 6.54. The minimum atomic E-state index is -0.237. The summed E-state index contributed by atoms with van der Waals surface area (Å²) in [5.74, 6) is 0.490. The first-order chi connectivity index (χ1) is 20.6. The first-order valence-corrected chi connectivity index (χ1v) is 15.0. The fourth-order valence-electron chi connectivity index (χ4n) is 4.32. The molecule has 1 aliphatic rings. The van der Waals surface area contributed by atoms with Crippen molar-refractivity contribution in [3.05, 3.63) is 95.4 Å². The van der Waals surface area contributed by atoms with E-state index in [0.29, 0.717) is 36.5 Å². The number of nitrogens with one attached hydrogen (secondary N) is 2. The van der Waals surface area contributed by atoms with Gasteiger partial charge in [0, 0.05) is 31.1 Å². The summed E-state index contributed by atoms with van der Waals surface area (Å²) in [7, 11) is 1.62. The fourth-order valence-corrected chi connectivity index (χ4v) is 5.78. The highest BCUT2D eigenvalue weighted by atomic mass is 35.5. The van der Waals surface area contributed by atoms with Gasteiger partial charge in [-0.25, -0.2) is 9.97 Å². The lowest BCUT2D eigenvalue weighted by molar-refractivity contribution is 0.102. The molecule has 4 aromatic rings. The zero-order chi connectivity index (χ0) is 30.3. The van der Waals surface area contributed by atoms with Gasteiger partial charge < -0.3 is 20.9 Å². The third-order valence-corrected chi connectivity index (χ3v) is 7.95. The van der Waals surface area contributed by atoms with E-state index < -0.39 is 0 Å². The molecule has 42 heavy (non-hydrogen) atoms. The highest BCUT2D eigenvalue weighted by Crippen LogP contribution is 2.44. The van der Waals surface area contributed by atoms with Crippen molar-refractivity contribution in [3.8, 4) is 0 Å². The maximum atomic E-state index is 13.0. The molecule has 220 valence electrons. The van der Waals surface area contributed by atoms with Crippen LogP contribution in [0.15, 0.2) is 83.5 Å². The third kappa shape index (κ3) is 8.20. The Morgan fingerprint density at radius 2 is 1.88 bits per heavy atom. The minimum absolute atomic E-state index is 0.128. The number of anilines is 2. The van der Waals surface area contributed by atoms with Gasteiger partial charge in [-0.1, -0.05) is 50.3 Å². The number of hydrogen-bond acceptors (Lipinski definition) is 7. The average molecular weight is 606 g/mol. The Labute approximate surface area is 255 Å². The van der Waals surface area contributed by atoms with Crippen LogP contribution in [-0.2, 0) is 6.54 Å². The number of carbonyl (C=O) groups excluding carboxylic acids is 2. The molecule has 2 aromatic heterocycles. The largest absolute Gasteiger partial charge is 0.390 e. The van der Waals surface area contributed by atoms with Crippen LogP contribution in [0.2, 0.25) is 0 Å². The van der Waals surface area contributed by atoms with Crippen molar-refractivity contribution in [3.63, 3.8) is 0 Å². The summed E-state index contributed by atoms with van der Waals surface area (Å²) < 4.78 is 1.94. The normalized spacial score (nSPS) is 15.7. The number of carbonyl (C=O) groups is 2. The lowest BCUT2D eigenvalue weighted by atomic mass is 10.1. The van der Waals surface area contributed by atoms with Crippen LogP contribution in [0.3, 0.4) is 0 Å². The Morgan fingerprint density at radius 1 is 1.17 bits per heavy atom. The molecule has 0 saturated carbocycles. The molecule has 1 aliphatic heterocycles. The average Bonchev–Trinajstić information content (AvgIpc) is 3.39. The molecule has 0 saturated heterocycles. The molecule has 3 heterocycles. The summed E-state index contributed by atoms with van der Waals surface area (Å²) in [6.45, 7) is 4.99. The smallest absolute Gasteiger partial charge is 0.255 e. The third-order valence-electron chi connectivity index (χ3n) is 6.18. The van der Waals surface area contributed by atoms with Crippen LogP contribution in [0.25, 0.3) is 10.9 Å². The van der Waals surface area contributed by atoms with Crippen LogP contribution < -0.4 is 16.4 Å². The van der Waals surface area contributed by atoms with Gasteiger partial charge in [0.1, 0.15) is 12.1 Å². The second-order valence-electron chi connectivity index (χ2n) is 8.71. The van der Waals surface area contributed by atoms with Crippen LogP contribution in [0.4, 0.5) is 11.5 Å². The summed E-state index contributed by atoms with van der Waals surface area (Å²) >= 11 is 8.33. The van der Waals surface area contributed by atoms with E-state index in [2.05, 4.69) is 25.6 Å². The van der Waals surface area contributed by atoms with Crippen molar-refractivity contribution in [1.29, 1.82) is 0 Å². The predicted molar refractivity (Wildman–Crippen MR) is 176 cm³/mol. The van der Waals surface area contributed by atoms with E-state index in [9.17, 15) is 9.59 Å². The summed E-state index contributed by atoms with van der Waals surface area (Å²) in [6.07, 6.45) is 6.34. The van der Waals surface area contributed by atoms with Crippen molar-refractivity contribution in [1.82, 2.24) is 14.5 Å². The van der Waals surface area contributed by atoms with Crippen LogP contribution in [0, 0.1) is 0 Å². The van der Waals surface area contributed by atoms with Gasteiger partial charge in [0.15, 0.2) is 6.29 Å². The number of aldehydes is 1. The molecule has 0 spiro atoms. The minimum Gasteiger partial charge on any atom is -0.390 e. The molecule has 5 rings (SSSR count). The summed E-state index contributed by atoms with van der Waals surface area (Å²) in [5.41, 5.74) is 8.02. The van der Waals surface area contributed by atoms with Gasteiger partial charge in [0.2, 0.25) is 0 Å². The highest BCUT2D eigenvalue weighted by molar-refractivity contribution is 8.02. The number of nitrogens with zero attached hydrogens (tertiary/aromatic N) is 4. The molecule has 11 heteroatoms. The Bertz CT molecular complexity index is 1500. The highest BCUT2D eigenvalue weighted by Gasteiger charge is 2.30. The fraction of sp³-hybridized carbons (Fsp3) is 0.258. The van der Waals surface area contributed by atoms with E-state index >= 15 is 0 Å². The number of thioether (sulfide) groups is 1. The van der Waals surface area contributed by atoms with Crippen molar-refractivity contribution in [2.45, 2.75) is 37.4 Å². The van der Waals surface area contributed by atoms with Crippen molar-refractivity contribution in [2.24, 2.45) is 10.7 Å². The van der Waals surface area contributed by atoms with Crippen LogP contribution >= 0.6 is 23.4 Å². The van der Waals surface area contributed by atoms with Crippen molar-refractivity contribution in [2.75, 3.05) is 24.2 Å². The number of alkyl halides is 1. The second kappa shape index (κ2) is 17.0. The maximum absolute atomic E-state index is 13.0. The topological polar surface area (TPSA) is 127 Å². The first-order valence-electron chi connectivity index (χ1n) is 13.6. The number of para-hydroxylation sites is 1. The molecule has 2 unspecified atom stereocenters. The van der Waals surface area contributed by atoms with Gasteiger partial charge in [-0.05, 0) is 42.2 Å². The van der Waals surface area contributed by atoms with E-state index in [1.165, 1.54) is 12.7 Å². The van der Waals surface area contributed by atoms with Crippen LogP contribution in [-0.4, -0.2) is 52.0 Å². The lowest BCUT2D eigenvalue weighted by Gasteiger charge is -2.26. The van der Waals surface area contributed by atoms with Crippen LogP contribution in [0.5, 0.6) is 0 Å². The van der Waals surface area contributed by atoms with Gasteiger partial charge in [0.05, 0.1) is 39.6 Å². The molecule has 0 aliphatic carbocycles. The quantitative estimate of drug-likeness (QED) is 0.0901. The molecule has 2 atom stereocenters. The summed E-state index contributed by atoms with van der Waals surface area (Å²) in [5, 5.41) is 9.03. The number of benzene rings is 2. The molecule has 0 bridgehead atoms. The number of nitrogens with two attached hydrogens (primary N) is 1. The van der Waals surface area contributed by atoms with E-state index in [0.717, 1.165) is 28.7 Å². The number of fused-ring (bicyclic) bond motifs is 1. The monoisotopic (exact) mass is 605 g/mol. The van der Waals surface area contributed by atoms with Gasteiger partial charge in [-0.3, -0.25) is 14.6 Å². The molecule has 4 N–H and O–H groups in total. The standard InChI is InChI=1S/C27H24ClN5O2S.C2H6N2.C2H6/c28-21-10-6-14-36-25(21)24-23(32-27(35)18-7-2-1-3-8-18)15-19(16-34)33(24)13-12-29-26-20-9-4-5-11-22(20)30-17-31-26;1-4-2-3;1-2/h1-9,11,14-17,21,25H,10,12-13H2,(H,32,35)(H,29,30,31);2H,1H3,(H2,3,4);1-2H3. The number of aromatic nitrogens is 3.